The molecule has 0 saturated heterocycles. The summed E-state index contributed by atoms with van der Waals surface area (Å²) in [6, 6.07) is 6.73. The van der Waals surface area contributed by atoms with Crippen molar-refractivity contribution in [1.29, 1.82) is 0 Å². The van der Waals surface area contributed by atoms with E-state index in [2.05, 4.69) is 58.3 Å². The molecule has 1 heterocycles. The molecule has 1 N–H and O–H groups in total. The van der Waals surface area contributed by atoms with Crippen LogP contribution in [-0.4, -0.2) is 4.98 Å². The topological polar surface area (TPSA) is 24.9 Å². The van der Waals surface area contributed by atoms with Gasteiger partial charge in [-0.1, -0.05) is 28.1 Å². The third-order valence-corrected chi connectivity index (χ3v) is 4.33. The average Bonchev–Trinajstić information content (AvgIpc) is 2.81. The van der Waals surface area contributed by atoms with E-state index in [-0.39, 0.29) is 0 Å². The van der Waals surface area contributed by atoms with Crippen molar-refractivity contribution in [3.8, 4) is 0 Å². The second kappa shape index (κ2) is 5.76. The number of benzene rings is 1. The highest BCUT2D eigenvalue weighted by Crippen LogP contribution is 2.20. The molecular formula is C13H15BrN2S. The summed E-state index contributed by atoms with van der Waals surface area (Å²) in [6.07, 6.45) is 1.85. The Balaban J connectivity index is 1.98. The van der Waals surface area contributed by atoms with E-state index in [1.807, 2.05) is 11.6 Å². The van der Waals surface area contributed by atoms with Crippen LogP contribution in [-0.2, 0) is 6.54 Å². The number of nitrogens with zero attached hydrogens (tertiary/aromatic N) is 1. The first-order valence-corrected chi connectivity index (χ1v) is 7.22. The molecule has 1 aromatic heterocycles. The number of aryl methyl sites for hydroxylation is 1. The van der Waals surface area contributed by atoms with Gasteiger partial charge < -0.3 is 5.32 Å². The van der Waals surface area contributed by atoms with Crippen LogP contribution in [0.3, 0.4) is 0 Å². The minimum atomic E-state index is 0.295. The molecule has 90 valence electrons. The van der Waals surface area contributed by atoms with Gasteiger partial charge in [0.15, 0.2) is 0 Å². The summed E-state index contributed by atoms with van der Waals surface area (Å²) in [7, 11) is 0. The fourth-order valence-electron chi connectivity index (χ4n) is 1.59. The molecule has 0 spiro atoms. The van der Waals surface area contributed by atoms with Crippen molar-refractivity contribution in [1.82, 2.24) is 10.3 Å². The highest BCUT2D eigenvalue weighted by molar-refractivity contribution is 9.10. The van der Waals surface area contributed by atoms with Gasteiger partial charge in [-0.15, -0.1) is 11.3 Å². The summed E-state index contributed by atoms with van der Waals surface area (Å²) in [5, 5.41) is 6.62. The molecule has 0 radical (unpaired) electrons. The first-order valence-electron chi connectivity index (χ1n) is 5.54. The Labute approximate surface area is 114 Å². The number of aromatic nitrogens is 1. The zero-order valence-corrected chi connectivity index (χ0v) is 12.3. The van der Waals surface area contributed by atoms with E-state index in [4.69, 9.17) is 0 Å². The maximum absolute atomic E-state index is 4.31. The lowest BCUT2D eigenvalue weighted by Gasteiger charge is -2.12. The van der Waals surface area contributed by atoms with Crippen LogP contribution in [0.4, 0.5) is 0 Å². The van der Waals surface area contributed by atoms with E-state index < -0.39 is 0 Å². The minimum absolute atomic E-state index is 0.295. The van der Waals surface area contributed by atoms with E-state index in [1.165, 1.54) is 11.1 Å². The SMILES string of the molecule is Cc1ccc(CNC(C)c2nccs2)c(Br)c1. The molecular weight excluding hydrogens is 296 g/mol. The van der Waals surface area contributed by atoms with Gasteiger partial charge in [0.25, 0.3) is 0 Å². The highest BCUT2D eigenvalue weighted by atomic mass is 79.9. The molecule has 17 heavy (non-hydrogen) atoms. The van der Waals surface area contributed by atoms with Crippen molar-refractivity contribution in [2.45, 2.75) is 26.4 Å². The van der Waals surface area contributed by atoms with Gasteiger partial charge in [0.1, 0.15) is 5.01 Å². The molecule has 0 aliphatic carbocycles. The molecule has 0 aliphatic heterocycles. The van der Waals surface area contributed by atoms with Crippen LogP contribution in [0.2, 0.25) is 0 Å². The van der Waals surface area contributed by atoms with Crippen molar-refractivity contribution in [2.75, 3.05) is 0 Å². The summed E-state index contributed by atoms with van der Waals surface area (Å²) in [5.74, 6) is 0. The average molecular weight is 311 g/mol. The van der Waals surface area contributed by atoms with Crippen molar-refractivity contribution in [2.24, 2.45) is 0 Å². The lowest BCUT2D eigenvalue weighted by molar-refractivity contribution is 0.571. The van der Waals surface area contributed by atoms with Crippen LogP contribution in [0.15, 0.2) is 34.2 Å². The van der Waals surface area contributed by atoms with Crippen LogP contribution >= 0.6 is 27.3 Å². The van der Waals surface area contributed by atoms with Crippen LogP contribution in [0.5, 0.6) is 0 Å². The van der Waals surface area contributed by atoms with Gasteiger partial charge in [-0.05, 0) is 31.0 Å². The van der Waals surface area contributed by atoms with Crippen molar-refractivity contribution >= 4 is 27.3 Å². The molecule has 2 nitrogen and oxygen atoms in total. The summed E-state index contributed by atoms with van der Waals surface area (Å²) in [4.78, 5) is 4.31. The van der Waals surface area contributed by atoms with Gasteiger partial charge >= 0.3 is 0 Å². The van der Waals surface area contributed by atoms with Crippen molar-refractivity contribution in [3.05, 3.63) is 50.4 Å². The normalized spacial score (nSPS) is 12.6. The van der Waals surface area contributed by atoms with Gasteiger partial charge in [-0.3, -0.25) is 0 Å². The number of nitrogens with one attached hydrogen (secondary N) is 1. The largest absolute Gasteiger partial charge is 0.304 e. The maximum Gasteiger partial charge on any atom is 0.109 e. The monoisotopic (exact) mass is 310 g/mol. The van der Waals surface area contributed by atoms with E-state index in [0.717, 1.165) is 16.0 Å². The van der Waals surface area contributed by atoms with E-state index >= 15 is 0 Å². The maximum atomic E-state index is 4.31. The van der Waals surface area contributed by atoms with Gasteiger partial charge in [-0.2, -0.15) is 0 Å². The fourth-order valence-corrected chi connectivity index (χ4v) is 2.90. The molecule has 1 aromatic carbocycles. The Bertz CT molecular complexity index is 482. The molecule has 0 saturated carbocycles. The number of thiazole rings is 1. The first kappa shape index (κ1) is 12.7. The number of hydrogen-bond acceptors (Lipinski definition) is 3. The summed E-state index contributed by atoms with van der Waals surface area (Å²) in [6.45, 7) is 5.09. The summed E-state index contributed by atoms with van der Waals surface area (Å²) >= 11 is 5.28. The molecule has 1 atom stereocenters. The second-order valence-corrected chi connectivity index (χ2v) is 5.85. The fraction of sp³-hybridized carbons (Fsp3) is 0.308. The molecule has 0 aliphatic rings. The van der Waals surface area contributed by atoms with E-state index in [0.29, 0.717) is 6.04 Å². The third kappa shape index (κ3) is 3.37. The van der Waals surface area contributed by atoms with Gasteiger partial charge in [0.05, 0.1) is 6.04 Å². The zero-order chi connectivity index (χ0) is 12.3. The van der Waals surface area contributed by atoms with E-state index in [9.17, 15) is 0 Å². The molecule has 0 fully saturated rings. The predicted octanol–water partition coefficient (Wildman–Crippen LogP) is 4.06. The molecule has 1 unspecified atom stereocenters. The Kier molecular flexibility index (Phi) is 4.31. The van der Waals surface area contributed by atoms with Gasteiger partial charge in [0, 0.05) is 22.6 Å². The zero-order valence-electron chi connectivity index (χ0n) is 9.90. The van der Waals surface area contributed by atoms with Crippen molar-refractivity contribution < 1.29 is 0 Å². The lowest BCUT2D eigenvalue weighted by atomic mass is 10.1. The smallest absolute Gasteiger partial charge is 0.109 e. The second-order valence-electron chi connectivity index (χ2n) is 4.07. The summed E-state index contributed by atoms with van der Waals surface area (Å²) < 4.78 is 1.16. The summed E-state index contributed by atoms with van der Waals surface area (Å²) in [5.41, 5.74) is 2.55. The van der Waals surface area contributed by atoms with Crippen molar-refractivity contribution in [3.63, 3.8) is 0 Å². The Morgan fingerprint density at radius 1 is 1.47 bits per heavy atom. The molecule has 2 rings (SSSR count). The van der Waals surface area contributed by atoms with E-state index in [1.54, 1.807) is 11.3 Å². The number of rotatable bonds is 4. The molecule has 0 amide bonds. The van der Waals surface area contributed by atoms with Crippen LogP contribution < -0.4 is 5.32 Å². The first-order chi connectivity index (χ1) is 8.16. The lowest BCUT2D eigenvalue weighted by Crippen LogP contribution is -2.18. The standard InChI is InChI=1S/C13H15BrN2S/c1-9-3-4-11(12(14)7-9)8-16-10(2)13-15-5-6-17-13/h3-7,10,16H,8H2,1-2H3. The van der Waals surface area contributed by atoms with Crippen LogP contribution in [0, 0.1) is 6.92 Å². The third-order valence-electron chi connectivity index (χ3n) is 2.63. The predicted molar refractivity (Wildman–Crippen MR) is 76.2 cm³/mol. The highest BCUT2D eigenvalue weighted by Gasteiger charge is 2.08. The molecule has 4 heteroatoms. The quantitative estimate of drug-likeness (QED) is 0.921. The Morgan fingerprint density at radius 2 is 2.29 bits per heavy atom. The number of halogens is 1. The molecule has 0 bridgehead atoms. The minimum Gasteiger partial charge on any atom is -0.304 e. The Morgan fingerprint density at radius 3 is 2.94 bits per heavy atom. The van der Waals surface area contributed by atoms with Crippen LogP contribution in [0.25, 0.3) is 0 Å². The van der Waals surface area contributed by atoms with Crippen LogP contribution in [0.1, 0.15) is 29.1 Å². The molecule has 2 aromatic rings. The van der Waals surface area contributed by atoms with Gasteiger partial charge in [0.2, 0.25) is 0 Å². The Hall–Kier alpha value is -0.710. The van der Waals surface area contributed by atoms with Gasteiger partial charge in [-0.25, -0.2) is 4.98 Å². The number of hydrogen-bond donors (Lipinski definition) is 1.